The van der Waals surface area contributed by atoms with Crippen LogP contribution in [0.3, 0.4) is 0 Å². The van der Waals surface area contributed by atoms with Crippen LogP contribution in [0.15, 0.2) is 47.4 Å². The number of carbonyl (C=O) groups is 1. The lowest BCUT2D eigenvalue weighted by molar-refractivity contribution is -0.113. The zero-order chi connectivity index (χ0) is 18.8. The van der Waals surface area contributed by atoms with Crippen molar-refractivity contribution in [3.8, 4) is 5.75 Å². The van der Waals surface area contributed by atoms with Gasteiger partial charge in [0.25, 0.3) is 5.91 Å². The summed E-state index contributed by atoms with van der Waals surface area (Å²) in [7, 11) is 5.60. The van der Waals surface area contributed by atoms with E-state index < -0.39 is 0 Å². The van der Waals surface area contributed by atoms with E-state index in [2.05, 4.69) is 0 Å². The van der Waals surface area contributed by atoms with Crippen molar-refractivity contribution in [2.24, 2.45) is 0 Å². The first-order valence-corrected chi connectivity index (χ1v) is 9.33. The van der Waals surface area contributed by atoms with Crippen LogP contribution < -0.4 is 14.5 Å². The van der Waals surface area contributed by atoms with Crippen LogP contribution in [0.25, 0.3) is 6.08 Å². The molecule has 0 aliphatic carbocycles. The molecule has 0 bridgehead atoms. The Morgan fingerprint density at radius 1 is 1.15 bits per heavy atom. The molecule has 1 saturated heterocycles. The Labute approximate surface area is 163 Å². The number of hydrogen-bond donors (Lipinski definition) is 0. The van der Waals surface area contributed by atoms with Gasteiger partial charge in [-0.1, -0.05) is 36.1 Å². The van der Waals surface area contributed by atoms with Crippen LogP contribution in [0.4, 0.5) is 11.4 Å². The molecule has 1 amide bonds. The molecule has 0 atom stereocenters. The van der Waals surface area contributed by atoms with Gasteiger partial charge in [0.2, 0.25) is 0 Å². The molecule has 3 rings (SSSR count). The van der Waals surface area contributed by atoms with E-state index in [9.17, 15) is 4.79 Å². The smallest absolute Gasteiger partial charge is 0.270 e. The molecule has 0 aromatic heterocycles. The largest absolute Gasteiger partial charge is 0.496 e. The second-order valence-electron chi connectivity index (χ2n) is 6.16. The van der Waals surface area contributed by atoms with Crippen LogP contribution in [-0.4, -0.2) is 31.4 Å². The Morgan fingerprint density at radius 2 is 1.85 bits per heavy atom. The molecule has 2 aromatic rings. The molecule has 0 N–H and O–H groups in total. The Kier molecular flexibility index (Phi) is 5.34. The normalized spacial score (nSPS) is 15.7. The number of thiocarbonyl (C=S) groups is 1. The van der Waals surface area contributed by atoms with E-state index >= 15 is 0 Å². The van der Waals surface area contributed by atoms with Crippen molar-refractivity contribution in [1.29, 1.82) is 0 Å². The van der Waals surface area contributed by atoms with Crippen molar-refractivity contribution in [1.82, 2.24) is 0 Å². The number of thioether (sulfide) groups is 1. The van der Waals surface area contributed by atoms with Crippen LogP contribution in [0, 0.1) is 6.92 Å². The molecule has 2 aromatic carbocycles. The predicted octanol–water partition coefficient (Wildman–Crippen LogP) is 4.48. The second kappa shape index (κ2) is 7.51. The number of aryl methyl sites for hydroxylation is 1. The number of benzene rings is 2. The molecule has 6 heteroatoms. The minimum absolute atomic E-state index is 0.0999. The Bertz CT molecular complexity index is 889. The molecule has 134 valence electrons. The number of amides is 1. The maximum atomic E-state index is 12.9. The van der Waals surface area contributed by atoms with Crippen LogP contribution >= 0.6 is 24.0 Å². The third-order valence-electron chi connectivity index (χ3n) is 4.15. The van der Waals surface area contributed by atoms with Gasteiger partial charge in [-0.3, -0.25) is 9.69 Å². The molecule has 0 spiro atoms. The van der Waals surface area contributed by atoms with Crippen molar-refractivity contribution < 1.29 is 9.53 Å². The number of hydrogen-bond acceptors (Lipinski definition) is 5. The van der Waals surface area contributed by atoms with Gasteiger partial charge in [-0.05, 0) is 54.5 Å². The van der Waals surface area contributed by atoms with E-state index in [-0.39, 0.29) is 5.91 Å². The van der Waals surface area contributed by atoms with Gasteiger partial charge in [-0.2, -0.15) is 0 Å². The zero-order valence-electron chi connectivity index (χ0n) is 15.1. The van der Waals surface area contributed by atoms with E-state index in [1.807, 2.05) is 74.5 Å². The van der Waals surface area contributed by atoms with Gasteiger partial charge in [0.15, 0.2) is 4.32 Å². The van der Waals surface area contributed by atoms with Crippen molar-refractivity contribution in [3.05, 3.63) is 58.5 Å². The highest BCUT2D eigenvalue weighted by molar-refractivity contribution is 8.27. The minimum Gasteiger partial charge on any atom is -0.496 e. The molecule has 0 unspecified atom stereocenters. The molecular weight excluding hydrogens is 364 g/mol. The van der Waals surface area contributed by atoms with Gasteiger partial charge in [0.1, 0.15) is 5.75 Å². The van der Waals surface area contributed by atoms with Crippen LogP contribution in [-0.2, 0) is 4.79 Å². The van der Waals surface area contributed by atoms with E-state index in [0.29, 0.717) is 9.23 Å². The molecule has 1 aliphatic rings. The van der Waals surface area contributed by atoms with E-state index in [1.165, 1.54) is 11.8 Å². The monoisotopic (exact) mass is 384 g/mol. The van der Waals surface area contributed by atoms with Gasteiger partial charge < -0.3 is 9.64 Å². The zero-order valence-corrected chi connectivity index (χ0v) is 16.8. The van der Waals surface area contributed by atoms with Crippen LogP contribution in [0.5, 0.6) is 5.75 Å². The van der Waals surface area contributed by atoms with E-state index in [4.69, 9.17) is 17.0 Å². The molecule has 0 radical (unpaired) electrons. The number of nitrogens with zero attached hydrogens (tertiary/aromatic N) is 2. The summed E-state index contributed by atoms with van der Waals surface area (Å²) in [5.41, 5.74) is 3.82. The van der Waals surface area contributed by atoms with Crippen molar-refractivity contribution in [2.75, 3.05) is 31.0 Å². The lowest BCUT2D eigenvalue weighted by Crippen LogP contribution is -2.27. The highest BCUT2D eigenvalue weighted by atomic mass is 32.2. The van der Waals surface area contributed by atoms with Crippen molar-refractivity contribution in [2.45, 2.75) is 6.92 Å². The second-order valence-corrected chi connectivity index (χ2v) is 7.83. The van der Waals surface area contributed by atoms with Crippen molar-refractivity contribution in [3.63, 3.8) is 0 Å². The van der Waals surface area contributed by atoms with Crippen LogP contribution in [0.1, 0.15) is 11.1 Å². The quantitative estimate of drug-likeness (QED) is 0.573. The number of anilines is 2. The summed E-state index contributed by atoms with van der Waals surface area (Å²) in [5.74, 6) is 0.700. The van der Waals surface area contributed by atoms with Gasteiger partial charge in [-0.15, -0.1) is 0 Å². The van der Waals surface area contributed by atoms with E-state index in [1.54, 1.807) is 12.0 Å². The van der Waals surface area contributed by atoms with E-state index in [0.717, 1.165) is 28.3 Å². The molecule has 1 fully saturated rings. The molecule has 1 heterocycles. The van der Waals surface area contributed by atoms with Crippen LogP contribution in [0.2, 0.25) is 0 Å². The maximum absolute atomic E-state index is 12.9. The fourth-order valence-corrected chi connectivity index (χ4v) is 3.97. The molecule has 4 nitrogen and oxygen atoms in total. The standard InChI is InChI=1S/C20H20N2O2S2/c1-13-5-6-14(11-17(13)24-4)12-18-19(23)22(20(25)26-18)16-9-7-15(8-10-16)21(2)3/h5-12H,1-4H3/b18-12+. The first-order chi connectivity index (χ1) is 12.4. The molecule has 1 aliphatic heterocycles. The summed E-state index contributed by atoms with van der Waals surface area (Å²) >= 11 is 6.76. The average molecular weight is 385 g/mol. The number of carbonyl (C=O) groups excluding carboxylic acids is 1. The lowest BCUT2D eigenvalue weighted by Gasteiger charge is -2.17. The molecule has 26 heavy (non-hydrogen) atoms. The minimum atomic E-state index is -0.0999. The third kappa shape index (κ3) is 3.61. The Hall–Kier alpha value is -2.31. The summed E-state index contributed by atoms with van der Waals surface area (Å²) < 4.78 is 5.90. The lowest BCUT2D eigenvalue weighted by atomic mass is 10.1. The van der Waals surface area contributed by atoms with Gasteiger partial charge in [0.05, 0.1) is 17.7 Å². The summed E-state index contributed by atoms with van der Waals surface area (Å²) in [4.78, 5) is 17.1. The fourth-order valence-electron chi connectivity index (χ4n) is 2.67. The van der Waals surface area contributed by atoms with Crippen molar-refractivity contribution >= 4 is 51.7 Å². The highest BCUT2D eigenvalue weighted by Crippen LogP contribution is 2.36. The molecular formula is C20H20N2O2S2. The highest BCUT2D eigenvalue weighted by Gasteiger charge is 2.33. The topological polar surface area (TPSA) is 32.8 Å². The summed E-state index contributed by atoms with van der Waals surface area (Å²) in [6, 6.07) is 13.6. The first-order valence-electron chi connectivity index (χ1n) is 8.10. The third-order valence-corrected chi connectivity index (χ3v) is 5.45. The summed E-state index contributed by atoms with van der Waals surface area (Å²) in [6.07, 6.45) is 1.86. The summed E-state index contributed by atoms with van der Waals surface area (Å²) in [6.45, 7) is 1.99. The number of methoxy groups -OCH3 is 1. The van der Waals surface area contributed by atoms with Gasteiger partial charge in [0, 0.05) is 19.8 Å². The first kappa shape index (κ1) is 18.5. The average Bonchev–Trinajstić information content (AvgIpc) is 2.90. The fraction of sp³-hybridized carbons (Fsp3) is 0.200. The van der Waals surface area contributed by atoms with Gasteiger partial charge in [-0.25, -0.2) is 0 Å². The van der Waals surface area contributed by atoms with Gasteiger partial charge >= 0.3 is 0 Å². The maximum Gasteiger partial charge on any atom is 0.270 e. The summed E-state index contributed by atoms with van der Waals surface area (Å²) in [5, 5.41) is 0. The number of ether oxygens (including phenoxy) is 1. The predicted molar refractivity (Wildman–Crippen MR) is 114 cm³/mol. The molecule has 0 saturated carbocycles. The SMILES string of the molecule is COc1cc(/C=C2/SC(=S)N(c3ccc(N(C)C)cc3)C2=O)ccc1C. The number of rotatable bonds is 4. The Balaban J connectivity index is 1.89. The Morgan fingerprint density at radius 3 is 2.46 bits per heavy atom.